The quantitative estimate of drug-likeness (QED) is 0.0642. The monoisotopic (exact) mass is 615 g/mol. The molecule has 0 saturated heterocycles. The summed E-state index contributed by atoms with van der Waals surface area (Å²) in [6.07, 6.45) is 15.2. The second-order valence-corrected chi connectivity index (χ2v) is 13.3. The van der Waals surface area contributed by atoms with Crippen molar-refractivity contribution >= 4 is 13.6 Å². The first-order valence-electron chi connectivity index (χ1n) is 15.2. The molecule has 0 atom stereocenters. The zero-order valence-electron chi connectivity index (χ0n) is 26.3. The summed E-state index contributed by atoms with van der Waals surface area (Å²) in [7, 11) is -2.48. The number of halogens is 1. The Balaban J connectivity index is -0.000000194. The molecule has 0 aliphatic carbocycles. The molecular formula is C31H64FN3SiZr. The molecule has 1 rings (SSSR count). The van der Waals surface area contributed by atoms with E-state index in [1.54, 1.807) is 13.1 Å². The van der Waals surface area contributed by atoms with E-state index in [0.717, 1.165) is 44.5 Å². The molecule has 0 aromatic heterocycles. The van der Waals surface area contributed by atoms with Gasteiger partial charge in [-0.25, -0.2) is 12.1 Å². The standard InChI is InChI=1S/3C8H18N.C7H10FSi.Zr/c3*1-3-5-7-9-8-6-4-2;1-9(2,8)7-5-3-4-6-7;/h3*3-8H2,1-2H3;3-6H,1-2H3;/q4*-1;+4. The molecule has 0 radical (unpaired) electrons. The zero-order chi connectivity index (χ0) is 27.8. The predicted octanol–water partition coefficient (Wildman–Crippen LogP) is 10.7. The Morgan fingerprint density at radius 1 is 0.514 bits per heavy atom. The number of hydrogen-bond acceptors (Lipinski definition) is 0. The number of hydrogen-bond donors (Lipinski definition) is 0. The minimum Gasteiger partial charge on any atom is -0.662 e. The van der Waals surface area contributed by atoms with E-state index in [4.69, 9.17) is 0 Å². The van der Waals surface area contributed by atoms with Crippen molar-refractivity contribution in [3.63, 3.8) is 0 Å². The topological polar surface area (TPSA) is 42.3 Å². The van der Waals surface area contributed by atoms with Crippen molar-refractivity contribution in [1.82, 2.24) is 0 Å². The van der Waals surface area contributed by atoms with Crippen LogP contribution in [0.5, 0.6) is 0 Å². The summed E-state index contributed by atoms with van der Waals surface area (Å²) >= 11 is 0. The third-order valence-corrected chi connectivity index (χ3v) is 7.07. The van der Waals surface area contributed by atoms with E-state index in [1.807, 2.05) is 24.3 Å². The molecule has 3 nitrogen and oxygen atoms in total. The summed E-state index contributed by atoms with van der Waals surface area (Å²) < 4.78 is 13.1. The molecule has 0 N–H and O–H groups in total. The molecule has 37 heavy (non-hydrogen) atoms. The van der Waals surface area contributed by atoms with Gasteiger partial charge in [0, 0.05) is 0 Å². The number of nitrogens with zero attached hydrogens (tertiary/aromatic N) is 3. The SMILES string of the molecule is CCCC[N-]CCCC.CCCC[N-]CCCC.CCCC[N-]CCCC.C[Si](C)(F)[c-]1cccc1.[Zr+4]. The first kappa shape index (κ1) is 44.3. The van der Waals surface area contributed by atoms with Gasteiger partial charge in [-0.15, -0.1) is 44.5 Å². The predicted molar refractivity (Wildman–Crippen MR) is 169 cm³/mol. The van der Waals surface area contributed by atoms with Gasteiger partial charge in [0.15, 0.2) is 0 Å². The molecule has 218 valence electrons. The van der Waals surface area contributed by atoms with Gasteiger partial charge in [-0.2, -0.15) is 12.1 Å². The van der Waals surface area contributed by atoms with Gasteiger partial charge >= 0.3 is 26.2 Å². The Bertz CT molecular complexity index is 416. The van der Waals surface area contributed by atoms with E-state index in [-0.39, 0.29) is 26.2 Å². The Morgan fingerprint density at radius 2 is 0.730 bits per heavy atom. The van der Waals surface area contributed by atoms with Crippen LogP contribution >= 0.6 is 0 Å². The van der Waals surface area contributed by atoms with Crippen molar-refractivity contribution in [3.8, 4) is 0 Å². The van der Waals surface area contributed by atoms with Gasteiger partial charge in [0.25, 0.3) is 0 Å². The molecule has 1 aromatic carbocycles. The van der Waals surface area contributed by atoms with Crippen molar-refractivity contribution in [1.29, 1.82) is 0 Å². The van der Waals surface area contributed by atoms with Gasteiger partial charge in [0.1, 0.15) is 0 Å². The molecule has 0 fully saturated rings. The minimum atomic E-state index is -2.48. The molecule has 0 aliphatic heterocycles. The van der Waals surface area contributed by atoms with Crippen molar-refractivity contribution in [2.24, 2.45) is 0 Å². The zero-order valence-corrected chi connectivity index (χ0v) is 29.7. The first-order chi connectivity index (χ1) is 17.3. The minimum absolute atomic E-state index is 0. The van der Waals surface area contributed by atoms with E-state index in [9.17, 15) is 4.11 Å². The second-order valence-electron chi connectivity index (χ2n) is 9.78. The number of unbranched alkanes of at least 4 members (excludes halogenated alkanes) is 6. The maximum atomic E-state index is 13.1. The van der Waals surface area contributed by atoms with E-state index in [2.05, 4.69) is 57.5 Å². The van der Waals surface area contributed by atoms with Gasteiger partial charge < -0.3 is 20.1 Å². The van der Waals surface area contributed by atoms with Gasteiger partial charge in [0.2, 0.25) is 8.41 Å². The fourth-order valence-corrected chi connectivity index (χ4v) is 3.71. The largest absolute Gasteiger partial charge is 4.00 e. The molecule has 6 heteroatoms. The van der Waals surface area contributed by atoms with Crippen molar-refractivity contribution in [2.45, 2.75) is 132 Å². The molecule has 0 amide bonds. The summed E-state index contributed by atoms with van der Waals surface area (Å²) in [4.78, 5) is 0. The van der Waals surface area contributed by atoms with Crippen LogP contribution in [0.25, 0.3) is 16.0 Å². The van der Waals surface area contributed by atoms with Crippen LogP contribution in [0.1, 0.15) is 119 Å². The molecule has 1 aromatic rings. The van der Waals surface area contributed by atoms with E-state index in [0.29, 0.717) is 0 Å². The van der Waals surface area contributed by atoms with Crippen molar-refractivity contribution in [2.75, 3.05) is 39.3 Å². The fourth-order valence-electron chi connectivity index (χ4n) is 2.73. The molecule has 0 unspecified atom stereocenters. The molecule has 0 spiro atoms. The fraction of sp³-hybridized carbons (Fsp3) is 0.839. The van der Waals surface area contributed by atoms with Crippen molar-refractivity contribution < 1.29 is 30.3 Å². The third-order valence-electron chi connectivity index (χ3n) is 5.37. The van der Waals surface area contributed by atoms with Gasteiger partial charge in [-0.1, -0.05) is 119 Å². The molecule has 0 aliphatic rings. The molecular weight excluding hydrogens is 553 g/mol. The smallest absolute Gasteiger partial charge is 0.662 e. The summed E-state index contributed by atoms with van der Waals surface area (Å²) in [6, 6.07) is 7.46. The Kier molecular flexibility index (Phi) is 46.0. The summed E-state index contributed by atoms with van der Waals surface area (Å²) in [5.41, 5.74) is 0. The van der Waals surface area contributed by atoms with Crippen molar-refractivity contribution in [3.05, 3.63) is 40.2 Å². The van der Waals surface area contributed by atoms with Crippen LogP contribution in [-0.2, 0) is 26.2 Å². The van der Waals surface area contributed by atoms with Crippen LogP contribution in [0, 0.1) is 0 Å². The van der Waals surface area contributed by atoms with Gasteiger partial charge in [-0.05, 0) is 13.1 Å². The van der Waals surface area contributed by atoms with Crippen LogP contribution in [0.2, 0.25) is 13.1 Å². The Morgan fingerprint density at radius 3 is 0.865 bits per heavy atom. The maximum Gasteiger partial charge on any atom is 4.00 e. The molecule has 0 saturated carbocycles. The van der Waals surface area contributed by atoms with Crippen LogP contribution in [0.3, 0.4) is 0 Å². The summed E-state index contributed by atoms with van der Waals surface area (Å²) in [5, 5.41) is 13.9. The first-order valence-corrected chi connectivity index (χ1v) is 18.0. The average molecular weight is 617 g/mol. The third kappa shape index (κ3) is 43.6. The Hall–Kier alpha value is 0.260. The van der Waals surface area contributed by atoms with Crippen LogP contribution in [-0.4, -0.2) is 47.7 Å². The number of rotatable bonds is 19. The molecule has 0 heterocycles. The maximum absolute atomic E-state index is 13.1. The summed E-state index contributed by atoms with van der Waals surface area (Å²) in [5.74, 6) is 0. The van der Waals surface area contributed by atoms with Crippen LogP contribution < -0.4 is 5.19 Å². The molecule has 0 bridgehead atoms. The van der Waals surface area contributed by atoms with E-state index >= 15 is 0 Å². The van der Waals surface area contributed by atoms with Crippen LogP contribution in [0.4, 0.5) is 4.11 Å². The second kappa shape index (κ2) is 38.4. The average Bonchev–Trinajstić information content (AvgIpc) is 3.41. The Labute approximate surface area is 254 Å². The summed E-state index contributed by atoms with van der Waals surface area (Å²) in [6.45, 7) is 23.1. The normalized spacial score (nSPS) is 10.2. The van der Waals surface area contributed by atoms with E-state index < -0.39 is 8.41 Å². The van der Waals surface area contributed by atoms with Gasteiger partial charge in [0.05, 0.1) is 0 Å². The van der Waals surface area contributed by atoms with Crippen LogP contribution in [0.15, 0.2) is 24.3 Å². The van der Waals surface area contributed by atoms with Gasteiger partial charge in [-0.3, -0.25) is 0 Å². The van der Waals surface area contributed by atoms with E-state index in [1.165, 1.54) is 77.0 Å².